The normalized spacial score (nSPS) is 14.6. The predicted molar refractivity (Wildman–Crippen MR) is 106 cm³/mol. The first-order valence-corrected chi connectivity index (χ1v) is 9.81. The molecule has 24 heavy (non-hydrogen) atoms. The zero-order valence-corrected chi connectivity index (χ0v) is 16.8. The van der Waals surface area contributed by atoms with Crippen LogP contribution >= 0.6 is 49.9 Å². The summed E-state index contributed by atoms with van der Waals surface area (Å²) in [6.45, 7) is 1.04. The van der Waals surface area contributed by atoms with Crippen LogP contribution in [0, 0.1) is 3.77 Å². The highest BCUT2D eigenvalue weighted by Crippen LogP contribution is 2.19. The van der Waals surface area contributed by atoms with Crippen molar-refractivity contribution in [3.05, 3.63) is 70.1 Å². The van der Waals surface area contributed by atoms with E-state index in [1.54, 1.807) is 10.6 Å². The first-order chi connectivity index (χ1) is 11.6. The Morgan fingerprint density at radius 3 is 2.75 bits per heavy atom. The Bertz CT molecular complexity index is 1070. The number of rotatable bonds is 2. The summed E-state index contributed by atoms with van der Waals surface area (Å²) in [4.78, 5) is 20.0. The van der Waals surface area contributed by atoms with Gasteiger partial charge in [-0.3, -0.25) is 9.36 Å². The molecule has 0 saturated heterocycles. The summed E-state index contributed by atoms with van der Waals surface area (Å²) in [5.74, 6) is 0.681. The van der Waals surface area contributed by atoms with E-state index in [-0.39, 0.29) is 5.56 Å². The molecule has 0 aliphatic carbocycles. The van der Waals surface area contributed by atoms with Gasteiger partial charge in [0.15, 0.2) is 8.57 Å². The SMILES string of the molecule is O=c1c(=Cc2ccc(I)o2)sc2n1CN(c1ccc(Br)cc1)CN=2. The standard InChI is InChI=1S/C16H11BrIN3O2S/c17-10-1-3-11(4-2-10)20-8-19-16-21(9-20)15(22)13(24-16)7-12-5-6-14(18)23-12/h1-7H,8-9H2. The summed E-state index contributed by atoms with van der Waals surface area (Å²) in [7, 11) is 0. The fourth-order valence-corrected chi connectivity index (χ4v) is 4.10. The molecule has 4 rings (SSSR count). The molecule has 0 amide bonds. The van der Waals surface area contributed by atoms with Crippen LogP contribution < -0.4 is 19.8 Å². The van der Waals surface area contributed by atoms with Crippen LogP contribution in [0.2, 0.25) is 0 Å². The van der Waals surface area contributed by atoms with E-state index < -0.39 is 0 Å². The molecule has 1 aliphatic rings. The van der Waals surface area contributed by atoms with Gasteiger partial charge in [-0.2, -0.15) is 0 Å². The Balaban J connectivity index is 1.71. The van der Waals surface area contributed by atoms with Gasteiger partial charge in [-0.15, -0.1) is 0 Å². The lowest BCUT2D eigenvalue weighted by Gasteiger charge is -2.25. The number of hydrogen-bond acceptors (Lipinski definition) is 5. The van der Waals surface area contributed by atoms with Gasteiger partial charge in [0.1, 0.15) is 19.1 Å². The number of thiazole rings is 1. The Hall–Kier alpha value is -1.39. The van der Waals surface area contributed by atoms with Crippen LogP contribution in [0.15, 0.2) is 55.1 Å². The molecule has 0 unspecified atom stereocenters. The van der Waals surface area contributed by atoms with E-state index in [4.69, 9.17) is 4.42 Å². The topological polar surface area (TPSA) is 50.7 Å². The molecular weight excluding hydrogens is 505 g/mol. The first-order valence-electron chi connectivity index (χ1n) is 7.12. The molecule has 3 aromatic rings. The van der Waals surface area contributed by atoms with Gasteiger partial charge in [-0.25, -0.2) is 4.99 Å². The predicted octanol–water partition coefficient (Wildman–Crippen LogP) is 2.75. The van der Waals surface area contributed by atoms with E-state index in [1.165, 1.54) is 11.3 Å². The second kappa shape index (κ2) is 6.49. The summed E-state index contributed by atoms with van der Waals surface area (Å²) in [5, 5.41) is 0. The summed E-state index contributed by atoms with van der Waals surface area (Å²) in [5.41, 5.74) is 1.00. The third kappa shape index (κ3) is 3.09. The second-order valence-corrected chi connectivity index (χ2v) is 8.21. The molecule has 5 nitrogen and oxygen atoms in total. The average molecular weight is 516 g/mol. The molecule has 2 aromatic heterocycles. The monoisotopic (exact) mass is 515 g/mol. The third-order valence-electron chi connectivity index (χ3n) is 3.64. The molecule has 3 heterocycles. The maximum Gasteiger partial charge on any atom is 0.271 e. The van der Waals surface area contributed by atoms with Crippen LogP contribution in [0.5, 0.6) is 0 Å². The number of benzene rings is 1. The minimum Gasteiger partial charge on any atom is -0.451 e. The van der Waals surface area contributed by atoms with E-state index in [2.05, 4.69) is 48.4 Å². The van der Waals surface area contributed by atoms with Gasteiger partial charge in [0, 0.05) is 16.2 Å². The van der Waals surface area contributed by atoms with Crippen LogP contribution in [0.1, 0.15) is 5.76 Å². The van der Waals surface area contributed by atoms with Crippen molar-refractivity contribution in [1.29, 1.82) is 0 Å². The number of nitrogens with zero attached hydrogens (tertiary/aromatic N) is 3. The first kappa shape index (κ1) is 16.1. The average Bonchev–Trinajstić information content (AvgIpc) is 3.12. The van der Waals surface area contributed by atoms with E-state index in [1.807, 2.05) is 36.4 Å². The molecule has 0 fully saturated rings. The van der Waals surface area contributed by atoms with E-state index >= 15 is 0 Å². The van der Waals surface area contributed by atoms with Gasteiger partial charge in [-0.05, 0) is 59.0 Å². The highest BCUT2D eigenvalue weighted by molar-refractivity contribution is 14.1. The van der Waals surface area contributed by atoms with Gasteiger partial charge in [0.05, 0.1) is 4.53 Å². The van der Waals surface area contributed by atoms with Crippen molar-refractivity contribution in [2.75, 3.05) is 11.6 Å². The number of furan rings is 1. The number of fused-ring (bicyclic) bond motifs is 1. The Morgan fingerprint density at radius 2 is 2.04 bits per heavy atom. The van der Waals surface area contributed by atoms with Crippen LogP contribution in [0.25, 0.3) is 6.08 Å². The molecule has 0 spiro atoms. The molecule has 8 heteroatoms. The van der Waals surface area contributed by atoms with Gasteiger partial charge in [0.25, 0.3) is 5.56 Å². The molecule has 0 bridgehead atoms. The zero-order valence-electron chi connectivity index (χ0n) is 12.3. The number of halogens is 2. The van der Waals surface area contributed by atoms with Crippen molar-refractivity contribution < 1.29 is 4.42 Å². The highest BCUT2D eigenvalue weighted by atomic mass is 127. The Morgan fingerprint density at radius 1 is 1.25 bits per heavy atom. The van der Waals surface area contributed by atoms with Gasteiger partial charge in [-0.1, -0.05) is 27.3 Å². The quantitative estimate of drug-likeness (QED) is 0.493. The molecule has 0 radical (unpaired) electrons. The third-order valence-corrected chi connectivity index (χ3v) is 5.79. The fraction of sp³-hybridized carbons (Fsp3) is 0.125. The van der Waals surface area contributed by atoms with Crippen molar-refractivity contribution in [2.45, 2.75) is 6.67 Å². The minimum absolute atomic E-state index is 0.0352. The van der Waals surface area contributed by atoms with Crippen molar-refractivity contribution in [3.63, 3.8) is 0 Å². The van der Waals surface area contributed by atoms with Gasteiger partial charge < -0.3 is 9.32 Å². The van der Waals surface area contributed by atoms with E-state index in [9.17, 15) is 4.79 Å². The maximum absolute atomic E-state index is 12.7. The lowest BCUT2D eigenvalue weighted by atomic mass is 10.3. The van der Waals surface area contributed by atoms with Gasteiger partial charge in [0.2, 0.25) is 0 Å². The summed E-state index contributed by atoms with van der Waals surface area (Å²) in [6.07, 6.45) is 1.78. The molecular formula is C16H11BrIN3O2S. The van der Waals surface area contributed by atoms with Crippen molar-refractivity contribution in [3.8, 4) is 0 Å². The lowest BCUT2D eigenvalue weighted by molar-refractivity contribution is 0.528. The van der Waals surface area contributed by atoms with Crippen molar-refractivity contribution >= 4 is 61.6 Å². The molecule has 1 aliphatic heterocycles. The Labute approximate surface area is 163 Å². The Kier molecular flexibility index (Phi) is 4.35. The van der Waals surface area contributed by atoms with Crippen LogP contribution in [-0.2, 0) is 6.67 Å². The smallest absolute Gasteiger partial charge is 0.271 e. The van der Waals surface area contributed by atoms with E-state index in [0.29, 0.717) is 23.6 Å². The lowest BCUT2D eigenvalue weighted by Crippen LogP contribution is -2.42. The second-order valence-electron chi connectivity index (χ2n) is 5.23. The number of aromatic nitrogens is 1. The molecule has 0 atom stereocenters. The molecule has 0 N–H and O–H groups in total. The fourth-order valence-electron chi connectivity index (χ4n) is 2.46. The highest BCUT2D eigenvalue weighted by Gasteiger charge is 2.16. The van der Waals surface area contributed by atoms with Crippen molar-refractivity contribution in [2.24, 2.45) is 4.99 Å². The minimum atomic E-state index is -0.0352. The molecule has 0 saturated carbocycles. The number of hydrogen-bond donors (Lipinski definition) is 0. The number of anilines is 1. The summed E-state index contributed by atoms with van der Waals surface area (Å²) >= 11 is 6.94. The molecule has 1 aromatic carbocycles. The van der Waals surface area contributed by atoms with Crippen molar-refractivity contribution in [1.82, 2.24) is 4.57 Å². The summed E-state index contributed by atoms with van der Waals surface area (Å²) < 4.78 is 9.68. The van der Waals surface area contributed by atoms with E-state index in [0.717, 1.165) is 18.7 Å². The van der Waals surface area contributed by atoms with Crippen LogP contribution in [0.3, 0.4) is 0 Å². The van der Waals surface area contributed by atoms with Gasteiger partial charge >= 0.3 is 0 Å². The largest absolute Gasteiger partial charge is 0.451 e. The zero-order chi connectivity index (χ0) is 16.7. The molecule has 122 valence electrons. The maximum atomic E-state index is 12.7. The van der Waals surface area contributed by atoms with Crippen LogP contribution in [-0.4, -0.2) is 11.2 Å². The van der Waals surface area contributed by atoms with Crippen LogP contribution in [0.4, 0.5) is 5.69 Å². The summed E-state index contributed by atoms with van der Waals surface area (Å²) in [6, 6.07) is 11.7.